The van der Waals surface area contributed by atoms with Gasteiger partial charge in [0.1, 0.15) is 0 Å². The summed E-state index contributed by atoms with van der Waals surface area (Å²) in [6.45, 7) is 5.79. The highest BCUT2D eigenvalue weighted by molar-refractivity contribution is 7.89. The molecule has 0 unspecified atom stereocenters. The average molecular weight is 329 g/mol. The molecule has 1 aromatic rings. The van der Waals surface area contributed by atoms with Crippen molar-refractivity contribution in [3.05, 3.63) is 24.3 Å². The molecule has 0 fully saturated rings. The normalized spacial score (nSPS) is 11.2. The van der Waals surface area contributed by atoms with Crippen molar-refractivity contribution in [2.75, 3.05) is 18.4 Å². The molecule has 0 aliphatic rings. The number of hydrogen-bond acceptors (Lipinski definition) is 4. The Labute approximate surface area is 130 Å². The highest BCUT2D eigenvalue weighted by Gasteiger charge is 2.21. The van der Waals surface area contributed by atoms with Crippen LogP contribution in [0.5, 0.6) is 0 Å². The van der Waals surface area contributed by atoms with E-state index in [0.29, 0.717) is 18.8 Å². The molecule has 0 heterocycles. The molecule has 0 aliphatic carbocycles. The number of amides is 1. The largest absolute Gasteiger partial charge is 0.332 e. The van der Waals surface area contributed by atoms with Gasteiger partial charge in [0.2, 0.25) is 15.9 Å². The van der Waals surface area contributed by atoms with Gasteiger partial charge in [-0.25, -0.2) is 8.42 Å². The van der Waals surface area contributed by atoms with Crippen molar-refractivity contribution in [3.8, 4) is 0 Å². The Bertz CT molecular complexity index is 608. The van der Waals surface area contributed by atoms with E-state index in [-0.39, 0.29) is 15.9 Å². The number of nitrogens with zero attached hydrogens (tertiary/aromatic N) is 1. The molecule has 116 valence electrons. The number of thiocarbonyl (C=S) groups is 1. The van der Waals surface area contributed by atoms with Gasteiger partial charge in [0.25, 0.3) is 0 Å². The number of rotatable bonds is 5. The van der Waals surface area contributed by atoms with Crippen molar-refractivity contribution >= 4 is 38.9 Å². The Kier molecular flexibility index (Phi) is 6.25. The van der Waals surface area contributed by atoms with Crippen molar-refractivity contribution in [3.63, 3.8) is 0 Å². The van der Waals surface area contributed by atoms with Crippen LogP contribution < -0.4 is 10.6 Å². The molecule has 0 saturated carbocycles. The van der Waals surface area contributed by atoms with Crippen LogP contribution in [-0.2, 0) is 14.8 Å². The Balaban J connectivity index is 2.88. The standard InChI is InChI=1S/C13H19N3O3S2/c1-4-16(5-2)21(18,19)12-8-6-11(7-9-12)15-13(20)14-10(3)17/h6-9H,4-5H2,1-3H3,(H2,14,15,17,20). The molecule has 2 N–H and O–H groups in total. The van der Waals surface area contributed by atoms with Gasteiger partial charge >= 0.3 is 0 Å². The lowest BCUT2D eigenvalue weighted by Gasteiger charge is -2.18. The van der Waals surface area contributed by atoms with Gasteiger partial charge in [0.05, 0.1) is 4.90 Å². The molecule has 1 rings (SSSR count). The van der Waals surface area contributed by atoms with Crippen molar-refractivity contribution in [2.24, 2.45) is 0 Å². The molecule has 0 spiro atoms. The van der Waals surface area contributed by atoms with Gasteiger partial charge in [-0.05, 0) is 36.5 Å². The fourth-order valence-electron chi connectivity index (χ4n) is 1.75. The fourth-order valence-corrected chi connectivity index (χ4v) is 3.46. The molecule has 1 aromatic carbocycles. The molecule has 21 heavy (non-hydrogen) atoms. The van der Waals surface area contributed by atoms with Crippen LogP contribution in [0.3, 0.4) is 0 Å². The van der Waals surface area contributed by atoms with Crippen LogP contribution in [0.25, 0.3) is 0 Å². The van der Waals surface area contributed by atoms with Crippen LogP contribution in [-0.4, -0.2) is 36.8 Å². The summed E-state index contributed by atoms with van der Waals surface area (Å²) in [5.41, 5.74) is 0.604. The first-order valence-corrected chi connectivity index (χ1v) is 8.34. The summed E-state index contributed by atoms with van der Waals surface area (Å²) in [5, 5.41) is 5.40. The molecule has 8 heteroatoms. The van der Waals surface area contributed by atoms with Crippen molar-refractivity contribution in [1.29, 1.82) is 0 Å². The van der Waals surface area contributed by atoms with Gasteiger partial charge in [-0.1, -0.05) is 13.8 Å². The van der Waals surface area contributed by atoms with E-state index in [4.69, 9.17) is 12.2 Å². The third-order valence-electron chi connectivity index (χ3n) is 2.74. The van der Waals surface area contributed by atoms with Gasteiger partial charge < -0.3 is 10.6 Å². The van der Waals surface area contributed by atoms with E-state index < -0.39 is 10.0 Å². The molecule has 6 nitrogen and oxygen atoms in total. The van der Waals surface area contributed by atoms with Crippen LogP contribution in [0.15, 0.2) is 29.2 Å². The first kappa shape index (κ1) is 17.5. The predicted octanol–water partition coefficient (Wildman–Crippen LogP) is 1.55. The lowest BCUT2D eigenvalue weighted by atomic mass is 10.3. The number of nitrogens with one attached hydrogen (secondary N) is 2. The molecule has 0 bridgehead atoms. The monoisotopic (exact) mass is 329 g/mol. The molecule has 0 radical (unpaired) electrons. The van der Waals surface area contributed by atoms with E-state index in [1.54, 1.807) is 26.0 Å². The van der Waals surface area contributed by atoms with Crippen LogP contribution in [0, 0.1) is 0 Å². The van der Waals surface area contributed by atoms with E-state index in [0.717, 1.165) is 0 Å². The second-order valence-corrected chi connectivity index (χ2v) is 6.60. The van der Waals surface area contributed by atoms with Crippen LogP contribution >= 0.6 is 12.2 Å². The summed E-state index contributed by atoms with van der Waals surface area (Å²) in [6, 6.07) is 6.22. The van der Waals surface area contributed by atoms with Gasteiger partial charge in [-0.2, -0.15) is 4.31 Å². The van der Waals surface area contributed by atoms with Gasteiger partial charge in [-0.3, -0.25) is 4.79 Å². The number of benzene rings is 1. The van der Waals surface area contributed by atoms with Gasteiger partial charge in [0, 0.05) is 25.7 Å². The maximum Gasteiger partial charge on any atom is 0.243 e. The van der Waals surface area contributed by atoms with E-state index in [9.17, 15) is 13.2 Å². The van der Waals surface area contributed by atoms with E-state index in [1.807, 2.05) is 0 Å². The Morgan fingerprint density at radius 2 is 1.71 bits per heavy atom. The van der Waals surface area contributed by atoms with Crippen molar-refractivity contribution in [2.45, 2.75) is 25.7 Å². The zero-order valence-corrected chi connectivity index (χ0v) is 13.8. The van der Waals surface area contributed by atoms with E-state index >= 15 is 0 Å². The lowest BCUT2D eigenvalue weighted by Crippen LogP contribution is -2.32. The molecule has 0 aromatic heterocycles. The third kappa shape index (κ3) is 4.76. The minimum atomic E-state index is -3.46. The molecule has 1 amide bonds. The minimum absolute atomic E-state index is 0.168. The van der Waals surface area contributed by atoms with Crippen LogP contribution in [0.2, 0.25) is 0 Å². The Hall–Kier alpha value is -1.51. The number of carbonyl (C=O) groups is 1. The topological polar surface area (TPSA) is 78.5 Å². The van der Waals surface area contributed by atoms with E-state index in [1.165, 1.54) is 23.4 Å². The second kappa shape index (κ2) is 7.48. The zero-order valence-electron chi connectivity index (χ0n) is 12.2. The lowest BCUT2D eigenvalue weighted by molar-refractivity contribution is -0.117. The second-order valence-electron chi connectivity index (χ2n) is 4.25. The smallest absolute Gasteiger partial charge is 0.243 e. The maximum absolute atomic E-state index is 12.3. The number of carbonyl (C=O) groups excluding carboxylic acids is 1. The Morgan fingerprint density at radius 3 is 2.14 bits per heavy atom. The summed E-state index contributed by atoms with van der Waals surface area (Å²) in [6.07, 6.45) is 0. The van der Waals surface area contributed by atoms with Crippen LogP contribution in [0.4, 0.5) is 5.69 Å². The zero-order chi connectivity index (χ0) is 16.0. The quantitative estimate of drug-likeness (QED) is 0.801. The highest BCUT2D eigenvalue weighted by Crippen LogP contribution is 2.18. The number of hydrogen-bond donors (Lipinski definition) is 2. The first-order chi connectivity index (χ1) is 9.81. The van der Waals surface area contributed by atoms with Gasteiger partial charge in [0.15, 0.2) is 5.11 Å². The predicted molar refractivity (Wildman–Crippen MR) is 86.6 cm³/mol. The minimum Gasteiger partial charge on any atom is -0.332 e. The SMILES string of the molecule is CCN(CC)S(=O)(=O)c1ccc(NC(=S)NC(C)=O)cc1. The number of anilines is 1. The fraction of sp³-hybridized carbons (Fsp3) is 0.385. The Morgan fingerprint density at radius 1 is 1.19 bits per heavy atom. The van der Waals surface area contributed by atoms with Gasteiger partial charge in [-0.15, -0.1) is 0 Å². The summed E-state index contributed by atoms with van der Waals surface area (Å²) >= 11 is 4.93. The maximum atomic E-state index is 12.3. The average Bonchev–Trinajstić information content (AvgIpc) is 2.39. The molecular weight excluding hydrogens is 310 g/mol. The molecule has 0 aliphatic heterocycles. The summed E-state index contributed by atoms with van der Waals surface area (Å²) in [5.74, 6) is -0.270. The number of sulfonamides is 1. The van der Waals surface area contributed by atoms with Crippen molar-refractivity contribution in [1.82, 2.24) is 9.62 Å². The summed E-state index contributed by atoms with van der Waals surface area (Å²) in [4.78, 5) is 11.1. The van der Waals surface area contributed by atoms with Crippen molar-refractivity contribution < 1.29 is 13.2 Å². The van der Waals surface area contributed by atoms with Crippen LogP contribution in [0.1, 0.15) is 20.8 Å². The summed E-state index contributed by atoms with van der Waals surface area (Å²) in [7, 11) is -3.46. The third-order valence-corrected chi connectivity index (χ3v) is 5.01. The van der Waals surface area contributed by atoms with E-state index in [2.05, 4.69) is 10.6 Å². The highest BCUT2D eigenvalue weighted by atomic mass is 32.2. The summed E-state index contributed by atoms with van der Waals surface area (Å²) < 4.78 is 26.0. The molecule has 0 saturated heterocycles. The first-order valence-electron chi connectivity index (χ1n) is 6.50. The molecule has 0 atom stereocenters. The molecular formula is C13H19N3O3S2.